The summed E-state index contributed by atoms with van der Waals surface area (Å²) in [6.45, 7) is 6.99. The second kappa shape index (κ2) is 20.7. The summed E-state index contributed by atoms with van der Waals surface area (Å²) >= 11 is 0. The highest BCUT2D eigenvalue weighted by Crippen LogP contribution is 2.24. The Hall–Kier alpha value is -5.22. The van der Waals surface area contributed by atoms with Crippen molar-refractivity contribution in [3.8, 4) is 0 Å². The first kappa shape index (κ1) is 39.8. The molecule has 15 nitrogen and oxygen atoms in total. The van der Waals surface area contributed by atoms with E-state index in [2.05, 4.69) is 27.6 Å². The molecule has 1 fully saturated rings. The molecule has 1 saturated heterocycles. The molecule has 0 saturated carbocycles. The molecule has 1 atom stereocenters. The highest BCUT2D eigenvalue weighted by atomic mass is 19.1. The topological polar surface area (TPSA) is 228 Å². The predicted molar refractivity (Wildman–Crippen MR) is 168 cm³/mol. The Morgan fingerprint density at radius 1 is 0.936 bits per heavy atom. The van der Waals surface area contributed by atoms with E-state index in [1.807, 2.05) is 0 Å². The van der Waals surface area contributed by atoms with Gasteiger partial charge in [0.05, 0.1) is 23.4 Å². The van der Waals surface area contributed by atoms with Crippen LogP contribution in [0.2, 0.25) is 0 Å². The number of likely N-dealkylation sites (tertiary alicyclic amines) is 1. The summed E-state index contributed by atoms with van der Waals surface area (Å²) < 4.78 is 15.6. The molecular formula is C31H40FN5O10. The van der Waals surface area contributed by atoms with Crippen molar-refractivity contribution in [3.05, 3.63) is 71.2 Å². The first-order chi connectivity index (χ1) is 22.1. The minimum atomic E-state index is -1.26. The zero-order chi connectivity index (χ0) is 35.5. The third-order valence-electron chi connectivity index (χ3n) is 6.59. The lowest BCUT2D eigenvalue weighted by Crippen LogP contribution is -2.39. The van der Waals surface area contributed by atoms with Gasteiger partial charge in [-0.05, 0) is 64.9 Å². The molecule has 0 bridgehead atoms. The van der Waals surface area contributed by atoms with Gasteiger partial charge in [0.25, 0.3) is 0 Å². The number of carbonyl (C=O) groups is 6. The van der Waals surface area contributed by atoms with Gasteiger partial charge in [0.15, 0.2) is 0 Å². The fraction of sp³-hybridized carbons (Fsp3) is 0.387. The van der Waals surface area contributed by atoms with Crippen LogP contribution >= 0.6 is 0 Å². The van der Waals surface area contributed by atoms with Crippen LogP contribution in [0.4, 0.5) is 10.2 Å². The Bertz CT molecular complexity index is 1400. The lowest BCUT2D eigenvalue weighted by atomic mass is 10.0. The molecule has 0 radical (unpaired) electrons. The fourth-order valence-electron chi connectivity index (χ4n) is 4.41. The number of nitrogens with zero attached hydrogens (tertiary/aromatic N) is 3. The van der Waals surface area contributed by atoms with Crippen molar-refractivity contribution in [1.29, 1.82) is 0 Å². The Morgan fingerprint density at radius 2 is 1.49 bits per heavy atom. The van der Waals surface area contributed by atoms with Crippen LogP contribution in [0.5, 0.6) is 0 Å². The maximum absolute atomic E-state index is 14.1. The fourth-order valence-corrected chi connectivity index (χ4v) is 4.41. The second-order valence-corrected chi connectivity index (χ2v) is 10.2. The largest absolute Gasteiger partial charge is 0.478 e. The van der Waals surface area contributed by atoms with E-state index in [0.717, 1.165) is 26.1 Å². The van der Waals surface area contributed by atoms with Gasteiger partial charge in [-0.3, -0.25) is 14.3 Å². The number of ketones is 1. The van der Waals surface area contributed by atoms with Crippen LogP contribution in [0.15, 0.2) is 48.6 Å². The Morgan fingerprint density at radius 3 is 2.00 bits per heavy atom. The zero-order valence-corrected chi connectivity index (χ0v) is 26.3. The van der Waals surface area contributed by atoms with E-state index in [9.17, 15) is 33.2 Å². The van der Waals surface area contributed by atoms with Gasteiger partial charge in [-0.2, -0.15) is 5.10 Å². The number of carboxylic acid groups (broad SMARTS) is 4. The van der Waals surface area contributed by atoms with Crippen molar-refractivity contribution in [2.45, 2.75) is 45.6 Å². The third kappa shape index (κ3) is 15.6. The number of aryl methyl sites for hydroxylation is 2. The lowest BCUT2D eigenvalue weighted by molar-refractivity contribution is -0.134. The van der Waals surface area contributed by atoms with E-state index in [4.69, 9.17) is 20.4 Å². The van der Waals surface area contributed by atoms with E-state index in [1.54, 1.807) is 20.0 Å². The minimum Gasteiger partial charge on any atom is -0.478 e. The number of rotatable bonds is 13. The summed E-state index contributed by atoms with van der Waals surface area (Å²) in [5.41, 5.74) is 0.605. The monoisotopic (exact) mass is 661 g/mol. The molecular weight excluding hydrogens is 621 g/mol. The van der Waals surface area contributed by atoms with Gasteiger partial charge in [0, 0.05) is 37.4 Å². The van der Waals surface area contributed by atoms with Gasteiger partial charge in [-0.25, -0.2) is 23.6 Å². The molecule has 0 aliphatic carbocycles. The second-order valence-electron chi connectivity index (χ2n) is 10.2. The SMILES string of the molecule is Cc1nn(C)c(NC(=O)CNCCCN2CCCCC2C)c1C(=O)c1ccccc1F.O=C(O)/C=C\C(=O)O.O=C(O)/C=C\C(=O)O. The Balaban J connectivity index is 0.000000569. The van der Waals surface area contributed by atoms with Gasteiger partial charge in [0.2, 0.25) is 11.7 Å². The van der Waals surface area contributed by atoms with Crippen LogP contribution in [0.3, 0.4) is 0 Å². The number of aromatic nitrogens is 2. The van der Waals surface area contributed by atoms with Crippen LogP contribution in [-0.2, 0) is 31.0 Å². The van der Waals surface area contributed by atoms with Gasteiger partial charge in [0.1, 0.15) is 11.6 Å². The summed E-state index contributed by atoms with van der Waals surface area (Å²) in [7, 11) is 1.65. The molecule has 256 valence electrons. The van der Waals surface area contributed by atoms with Gasteiger partial charge >= 0.3 is 23.9 Å². The van der Waals surface area contributed by atoms with Crippen molar-refractivity contribution >= 4 is 41.4 Å². The number of aliphatic carboxylic acids is 4. The van der Waals surface area contributed by atoms with Crippen molar-refractivity contribution in [2.24, 2.45) is 7.05 Å². The highest BCUT2D eigenvalue weighted by molar-refractivity contribution is 6.14. The molecule has 1 aromatic carbocycles. The molecule has 6 N–H and O–H groups in total. The average molecular weight is 662 g/mol. The van der Waals surface area contributed by atoms with Crippen molar-refractivity contribution in [1.82, 2.24) is 20.0 Å². The van der Waals surface area contributed by atoms with Crippen molar-refractivity contribution in [3.63, 3.8) is 0 Å². The van der Waals surface area contributed by atoms with Crippen LogP contribution in [0.25, 0.3) is 0 Å². The minimum absolute atomic E-state index is 0.0424. The number of nitrogens with one attached hydrogen (secondary N) is 2. The van der Waals surface area contributed by atoms with E-state index in [-0.39, 0.29) is 29.4 Å². The molecule has 1 amide bonds. The van der Waals surface area contributed by atoms with E-state index >= 15 is 0 Å². The number of carboxylic acids is 4. The summed E-state index contributed by atoms with van der Waals surface area (Å²) in [5.74, 6) is -6.11. The van der Waals surface area contributed by atoms with Gasteiger partial charge in [-0.1, -0.05) is 18.6 Å². The first-order valence-corrected chi connectivity index (χ1v) is 14.5. The third-order valence-corrected chi connectivity index (χ3v) is 6.59. The molecule has 2 aromatic rings. The lowest BCUT2D eigenvalue weighted by Gasteiger charge is -2.33. The summed E-state index contributed by atoms with van der Waals surface area (Å²) in [4.78, 5) is 66.1. The van der Waals surface area contributed by atoms with Crippen LogP contribution in [-0.4, -0.2) is 103 Å². The van der Waals surface area contributed by atoms with Crippen LogP contribution < -0.4 is 10.6 Å². The smallest absolute Gasteiger partial charge is 0.328 e. The van der Waals surface area contributed by atoms with Crippen molar-refractivity contribution in [2.75, 3.05) is 31.5 Å². The van der Waals surface area contributed by atoms with Gasteiger partial charge < -0.3 is 36.0 Å². The number of hydrogen-bond donors (Lipinski definition) is 6. The Kier molecular flexibility index (Phi) is 17.6. The number of hydrogen-bond acceptors (Lipinski definition) is 9. The molecule has 3 rings (SSSR count). The zero-order valence-electron chi connectivity index (χ0n) is 26.3. The van der Waals surface area contributed by atoms with E-state index < -0.39 is 35.5 Å². The number of piperidine rings is 1. The first-order valence-electron chi connectivity index (χ1n) is 14.5. The average Bonchev–Trinajstić information content (AvgIpc) is 3.28. The quantitative estimate of drug-likeness (QED) is 0.103. The predicted octanol–water partition coefficient (Wildman–Crippen LogP) is 2.31. The molecule has 2 heterocycles. The summed E-state index contributed by atoms with van der Waals surface area (Å²) in [5, 5.41) is 41.4. The standard InChI is InChI=1S/C23H32FN5O2.2C4H4O4/c1-16-9-6-7-13-29(16)14-8-12-25-15-20(30)26-23-21(17(2)27-28(23)3)22(31)18-10-4-5-11-19(18)24;2*5-3(6)1-2-4(7)8/h4-5,10-11,16,25H,6-9,12-15H2,1-3H3,(H,26,30);2*1-2H,(H,5,6)(H,7,8)/b;2*2-1-. The van der Waals surface area contributed by atoms with E-state index in [0.29, 0.717) is 36.0 Å². The number of halogens is 1. The number of benzene rings is 1. The maximum Gasteiger partial charge on any atom is 0.328 e. The molecule has 1 aromatic heterocycles. The summed E-state index contributed by atoms with van der Waals surface area (Å²) in [6, 6.07) is 6.44. The maximum atomic E-state index is 14.1. The molecule has 47 heavy (non-hydrogen) atoms. The Labute approximate surface area is 270 Å². The van der Waals surface area contributed by atoms with E-state index in [1.165, 1.54) is 42.1 Å². The highest BCUT2D eigenvalue weighted by Gasteiger charge is 2.25. The number of carbonyl (C=O) groups excluding carboxylic acids is 2. The van der Waals surface area contributed by atoms with Crippen LogP contribution in [0.1, 0.15) is 54.2 Å². The molecule has 0 spiro atoms. The normalized spacial score (nSPS) is 14.4. The number of anilines is 1. The molecule has 1 aliphatic rings. The number of amides is 1. The molecule has 1 aliphatic heterocycles. The molecule has 1 unspecified atom stereocenters. The van der Waals surface area contributed by atoms with Gasteiger partial charge in [-0.15, -0.1) is 0 Å². The van der Waals surface area contributed by atoms with Crippen LogP contribution in [0, 0.1) is 12.7 Å². The van der Waals surface area contributed by atoms with Crippen molar-refractivity contribution < 1.29 is 53.6 Å². The summed E-state index contributed by atoms with van der Waals surface area (Å²) in [6.07, 6.45) is 7.03. The molecule has 16 heteroatoms.